The third-order valence-electron chi connectivity index (χ3n) is 3.86. The quantitative estimate of drug-likeness (QED) is 0.795. The van der Waals surface area contributed by atoms with Crippen molar-refractivity contribution in [1.82, 2.24) is 0 Å². The van der Waals surface area contributed by atoms with Crippen LogP contribution in [0.25, 0.3) is 0 Å². The monoisotopic (exact) mass is 246 g/mol. The predicted octanol–water partition coefficient (Wildman–Crippen LogP) is 3.73. The molecule has 2 rings (SSSR count). The molecule has 1 unspecified atom stereocenters. The Bertz CT molecular complexity index is 462. The molecule has 1 fully saturated rings. The summed E-state index contributed by atoms with van der Waals surface area (Å²) in [6, 6.07) is 9.13. The molecule has 18 heavy (non-hydrogen) atoms. The van der Waals surface area contributed by atoms with Crippen molar-refractivity contribution in [1.29, 1.82) is 5.26 Å². The van der Waals surface area contributed by atoms with Crippen LogP contribution in [-0.4, -0.2) is 12.1 Å². The zero-order chi connectivity index (χ0) is 13.2. The van der Waals surface area contributed by atoms with Gasteiger partial charge in [-0.15, -0.1) is 0 Å². The maximum absolute atomic E-state index is 13.9. The van der Waals surface area contributed by atoms with Gasteiger partial charge in [0, 0.05) is 18.5 Å². The van der Waals surface area contributed by atoms with Crippen LogP contribution in [0.2, 0.25) is 0 Å². The molecule has 1 aliphatic heterocycles. The fourth-order valence-electron chi connectivity index (χ4n) is 2.68. The summed E-state index contributed by atoms with van der Waals surface area (Å²) >= 11 is 0. The second kappa shape index (κ2) is 4.97. The summed E-state index contributed by atoms with van der Waals surface area (Å²) in [6.45, 7) is 5.05. The van der Waals surface area contributed by atoms with Gasteiger partial charge in [-0.2, -0.15) is 5.26 Å². The van der Waals surface area contributed by atoms with Gasteiger partial charge in [-0.05, 0) is 44.7 Å². The van der Waals surface area contributed by atoms with Crippen molar-refractivity contribution in [3.63, 3.8) is 0 Å². The van der Waals surface area contributed by atoms with Gasteiger partial charge in [-0.25, -0.2) is 4.39 Å². The number of nitriles is 1. The van der Waals surface area contributed by atoms with E-state index in [0.717, 1.165) is 19.4 Å². The Labute approximate surface area is 108 Å². The molecule has 3 heteroatoms. The molecular weight excluding hydrogens is 227 g/mol. The molecule has 0 amide bonds. The number of hydrogen-bond acceptors (Lipinski definition) is 2. The first-order valence-corrected chi connectivity index (χ1v) is 6.44. The largest absolute Gasteiger partial charge is 0.364 e. The molecule has 1 aromatic carbocycles. The van der Waals surface area contributed by atoms with E-state index in [2.05, 4.69) is 24.8 Å². The minimum atomic E-state index is -0.178. The van der Waals surface area contributed by atoms with Crippen molar-refractivity contribution in [2.75, 3.05) is 11.4 Å². The molecule has 0 N–H and O–H groups in total. The van der Waals surface area contributed by atoms with Crippen molar-refractivity contribution in [3.05, 3.63) is 30.1 Å². The Balaban J connectivity index is 2.28. The van der Waals surface area contributed by atoms with Crippen LogP contribution in [0.15, 0.2) is 24.3 Å². The number of hydrogen-bond donors (Lipinski definition) is 0. The van der Waals surface area contributed by atoms with E-state index < -0.39 is 0 Å². The number of para-hydroxylation sites is 1. The fourth-order valence-corrected chi connectivity index (χ4v) is 2.68. The molecule has 0 saturated carbocycles. The van der Waals surface area contributed by atoms with E-state index >= 15 is 0 Å². The van der Waals surface area contributed by atoms with E-state index in [9.17, 15) is 4.39 Å². The van der Waals surface area contributed by atoms with Crippen molar-refractivity contribution in [3.8, 4) is 6.07 Å². The number of piperidine rings is 1. The van der Waals surface area contributed by atoms with Crippen LogP contribution in [0.5, 0.6) is 0 Å². The normalized spacial score (nSPS) is 22.6. The number of benzene rings is 1. The molecular formula is C15H19FN2. The van der Waals surface area contributed by atoms with E-state index in [1.54, 1.807) is 6.07 Å². The zero-order valence-corrected chi connectivity index (χ0v) is 11.0. The Hall–Kier alpha value is -1.56. The third-order valence-corrected chi connectivity index (χ3v) is 3.86. The van der Waals surface area contributed by atoms with Crippen LogP contribution in [0.1, 0.15) is 33.1 Å². The highest BCUT2D eigenvalue weighted by atomic mass is 19.1. The summed E-state index contributed by atoms with van der Waals surface area (Å²) in [5.74, 6) is 0.172. The Kier molecular flexibility index (Phi) is 3.56. The van der Waals surface area contributed by atoms with Gasteiger partial charge in [-0.1, -0.05) is 12.1 Å². The number of rotatable bonds is 2. The molecule has 1 heterocycles. The van der Waals surface area contributed by atoms with Gasteiger partial charge in [0.15, 0.2) is 0 Å². The first-order chi connectivity index (χ1) is 8.54. The van der Waals surface area contributed by atoms with Gasteiger partial charge < -0.3 is 4.90 Å². The van der Waals surface area contributed by atoms with Gasteiger partial charge in [-0.3, -0.25) is 0 Å². The first-order valence-electron chi connectivity index (χ1n) is 6.44. The topological polar surface area (TPSA) is 27.0 Å². The molecule has 2 nitrogen and oxygen atoms in total. The average Bonchev–Trinajstić information content (AvgIpc) is 2.33. The maximum atomic E-state index is 13.9. The third kappa shape index (κ3) is 2.48. The fraction of sp³-hybridized carbons (Fsp3) is 0.533. The van der Waals surface area contributed by atoms with Crippen molar-refractivity contribution in [2.24, 2.45) is 5.92 Å². The molecule has 1 aromatic rings. The summed E-state index contributed by atoms with van der Waals surface area (Å²) in [5, 5.41) is 8.82. The average molecular weight is 246 g/mol. The lowest BCUT2D eigenvalue weighted by molar-refractivity contribution is 0.290. The van der Waals surface area contributed by atoms with E-state index in [-0.39, 0.29) is 11.4 Å². The van der Waals surface area contributed by atoms with E-state index in [0.29, 0.717) is 18.0 Å². The van der Waals surface area contributed by atoms with Gasteiger partial charge in [0.1, 0.15) is 5.82 Å². The Morgan fingerprint density at radius 3 is 2.83 bits per heavy atom. The number of nitrogens with zero attached hydrogens (tertiary/aromatic N) is 2. The van der Waals surface area contributed by atoms with Gasteiger partial charge in [0.25, 0.3) is 0 Å². The molecule has 0 spiro atoms. The van der Waals surface area contributed by atoms with E-state index in [1.807, 2.05) is 12.1 Å². The van der Waals surface area contributed by atoms with Crippen LogP contribution in [0, 0.1) is 23.1 Å². The molecule has 1 aliphatic rings. The summed E-state index contributed by atoms with van der Waals surface area (Å²) in [5.41, 5.74) is 0.610. The molecule has 0 bridgehead atoms. The SMILES string of the molecule is CC1(C)CCC(CC#N)CN1c1ccccc1F. The summed E-state index contributed by atoms with van der Waals surface area (Å²) < 4.78 is 13.9. The van der Waals surface area contributed by atoms with Crippen LogP contribution in [0.4, 0.5) is 10.1 Å². The van der Waals surface area contributed by atoms with Crippen molar-refractivity contribution < 1.29 is 4.39 Å². The Morgan fingerprint density at radius 2 is 2.17 bits per heavy atom. The van der Waals surface area contributed by atoms with Gasteiger partial charge >= 0.3 is 0 Å². The second-order valence-corrected chi connectivity index (χ2v) is 5.64. The summed E-state index contributed by atoms with van der Waals surface area (Å²) in [4.78, 5) is 2.12. The van der Waals surface area contributed by atoms with Crippen molar-refractivity contribution in [2.45, 2.75) is 38.6 Å². The van der Waals surface area contributed by atoms with Gasteiger partial charge in [0.2, 0.25) is 0 Å². The predicted molar refractivity (Wildman–Crippen MR) is 70.8 cm³/mol. The molecule has 1 saturated heterocycles. The molecule has 96 valence electrons. The lowest BCUT2D eigenvalue weighted by Crippen LogP contribution is -2.51. The van der Waals surface area contributed by atoms with Crippen LogP contribution in [-0.2, 0) is 0 Å². The zero-order valence-electron chi connectivity index (χ0n) is 11.0. The minimum absolute atomic E-state index is 0.0475. The van der Waals surface area contributed by atoms with Crippen LogP contribution < -0.4 is 4.90 Å². The lowest BCUT2D eigenvalue weighted by atomic mass is 9.83. The molecule has 0 aromatic heterocycles. The highest BCUT2D eigenvalue weighted by Crippen LogP contribution is 2.36. The summed E-state index contributed by atoms with van der Waals surface area (Å²) in [6.07, 6.45) is 2.60. The van der Waals surface area contributed by atoms with E-state index in [1.165, 1.54) is 6.07 Å². The molecule has 0 radical (unpaired) electrons. The number of anilines is 1. The standard InChI is InChI=1S/C15H19FN2/c1-15(2)9-7-12(8-10-17)11-18(15)14-6-4-3-5-13(14)16/h3-6,12H,7-9,11H2,1-2H3. The summed E-state index contributed by atoms with van der Waals surface area (Å²) in [7, 11) is 0. The highest BCUT2D eigenvalue weighted by Gasteiger charge is 2.35. The number of halogens is 1. The maximum Gasteiger partial charge on any atom is 0.146 e. The van der Waals surface area contributed by atoms with Crippen LogP contribution >= 0.6 is 0 Å². The second-order valence-electron chi connectivity index (χ2n) is 5.64. The van der Waals surface area contributed by atoms with Crippen molar-refractivity contribution >= 4 is 5.69 Å². The van der Waals surface area contributed by atoms with Crippen LogP contribution in [0.3, 0.4) is 0 Å². The first kappa shape index (κ1) is 12.9. The molecule has 1 atom stereocenters. The molecule has 0 aliphatic carbocycles. The van der Waals surface area contributed by atoms with E-state index in [4.69, 9.17) is 5.26 Å². The minimum Gasteiger partial charge on any atom is -0.364 e. The van der Waals surface area contributed by atoms with Gasteiger partial charge in [0.05, 0.1) is 11.8 Å². The smallest absolute Gasteiger partial charge is 0.146 e. The lowest BCUT2D eigenvalue weighted by Gasteiger charge is -2.47. The highest BCUT2D eigenvalue weighted by molar-refractivity contribution is 5.50. The Morgan fingerprint density at radius 1 is 1.44 bits per heavy atom.